The van der Waals surface area contributed by atoms with Crippen molar-refractivity contribution in [2.45, 2.75) is 25.8 Å². The van der Waals surface area contributed by atoms with Gasteiger partial charge < -0.3 is 19.7 Å². The molecule has 2 fully saturated rings. The number of nitrogens with one attached hydrogen (secondary N) is 1. The molecule has 1 N–H and O–H groups in total. The normalized spacial score (nSPS) is 20.1. The number of rotatable bonds is 6. The second-order valence-electron chi connectivity index (χ2n) is 7.66. The average molecular weight is 437 g/mol. The Hall–Kier alpha value is -1.83. The highest BCUT2D eigenvalue weighted by Gasteiger charge is 2.28. The number of morpholine rings is 1. The summed E-state index contributed by atoms with van der Waals surface area (Å²) in [4.78, 5) is 21.2. The van der Waals surface area contributed by atoms with Gasteiger partial charge >= 0.3 is 5.97 Å². The van der Waals surface area contributed by atoms with Gasteiger partial charge in [0.05, 0.1) is 31.8 Å². The highest BCUT2D eigenvalue weighted by molar-refractivity contribution is 6.30. The van der Waals surface area contributed by atoms with E-state index in [1.54, 1.807) is 0 Å². The Morgan fingerprint density at radius 2 is 2.03 bits per heavy atom. The van der Waals surface area contributed by atoms with Crippen LogP contribution in [0.25, 0.3) is 0 Å². The molecule has 1 aromatic carbocycles. The summed E-state index contributed by atoms with van der Waals surface area (Å²) >= 11 is 6.27. The van der Waals surface area contributed by atoms with Gasteiger partial charge in [-0.05, 0) is 37.5 Å². The first-order valence-electron chi connectivity index (χ1n) is 10.8. The Kier molecular flexibility index (Phi) is 8.78. The lowest BCUT2D eigenvalue weighted by molar-refractivity contribution is -0.149. The van der Waals surface area contributed by atoms with Crippen LogP contribution in [-0.4, -0.2) is 81.3 Å². The molecule has 2 aliphatic heterocycles. The molecule has 1 atom stereocenters. The van der Waals surface area contributed by atoms with E-state index in [9.17, 15) is 4.79 Å². The number of aliphatic imine (C=N–C) groups is 1. The minimum absolute atomic E-state index is 0.00753. The van der Waals surface area contributed by atoms with Gasteiger partial charge in [0.25, 0.3) is 0 Å². The number of guanidine groups is 1. The third kappa shape index (κ3) is 6.09. The van der Waals surface area contributed by atoms with E-state index >= 15 is 0 Å². The fraction of sp³-hybridized carbons (Fsp3) is 0.636. The number of hydrogen-bond acceptors (Lipinski definition) is 5. The summed E-state index contributed by atoms with van der Waals surface area (Å²) in [6.45, 7) is 7.87. The Morgan fingerprint density at radius 3 is 2.67 bits per heavy atom. The monoisotopic (exact) mass is 436 g/mol. The van der Waals surface area contributed by atoms with Gasteiger partial charge in [0.2, 0.25) is 0 Å². The number of benzene rings is 1. The number of halogens is 1. The third-order valence-corrected chi connectivity index (χ3v) is 6.03. The quantitative estimate of drug-likeness (QED) is 0.420. The van der Waals surface area contributed by atoms with Crippen molar-refractivity contribution in [1.29, 1.82) is 0 Å². The Morgan fingerprint density at radius 1 is 1.30 bits per heavy atom. The van der Waals surface area contributed by atoms with Crippen LogP contribution >= 0.6 is 11.6 Å². The second-order valence-corrected chi connectivity index (χ2v) is 8.10. The van der Waals surface area contributed by atoms with Crippen LogP contribution in [0.4, 0.5) is 0 Å². The van der Waals surface area contributed by atoms with Gasteiger partial charge in [0, 0.05) is 44.8 Å². The smallest absolute Gasteiger partial charge is 0.309 e. The molecule has 7 nitrogen and oxygen atoms in total. The average Bonchev–Trinajstić information content (AvgIpc) is 2.78. The lowest BCUT2D eigenvalue weighted by Gasteiger charge is -2.37. The van der Waals surface area contributed by atoms with E-state index in [1.807, 2.05) is 32.2 Å². The maximum atomic E-state index is 12.0. The molecule has 2 saturated heterocycles. The van der Waals surface area contributed by atoms with E-state index in [1.165, 1.54) is 5.56 Å². The minimum atomic E-state index is -0.0755. The fourth-order valence-corrected chi connectivity index (χ4v) is 4.37. The Balaban J connectivity index is 1.61. The van der Waals surface area contributed by atoms with Crippen LogP contribution < -0.4 is 5.32 Å². The van der Waals surface area contributed by atoms with Crippen molar-refractivity contribution in [3.63, 3.8) is 0 Å². The van der Waals surface area contributed by atoms with Crippen LogP contribution in [0.5, 0.6) is 0 Å². The number of carbonyl (C=O) groups is 1. The van der Waals surface area contributed by atoms with Crippen molar-refractivity contribution in [3.8, 4) is 0 Å². The van der Waals surface area contributed by atoms with Gasteiger partial charge in [-0.15, -0.1) is 0 Å². The molecule has 3 rings (SSSR count). The summed E-state index contributed by atoms with van der Waals surface area (Å²) in [6.07, 6.45) is 1.58. The van der Waals surface area contributed by atoms with Gasteiger partial charge in [0.1, 0.15) is 0 Å². The molecule has 30 heavy (non-hydrogen) atoms. The van der Waals surface area contributed by atoms with Crippen molar-refractivity contribution >= 4 is 23.5 Å². The molecule has 166 valence electrons. The molecule has 0 spiro atoms. The summed E-state index contributed by atoms with van der Waals surface area (Å²) in [5, 5.41) is 4.30. The van der Waals surface area contributed by atoms with E-state index in [0.29, 0.717) is 6.61 Å². The largest absolute Gasteiger partial charge is 0.466 e. The zero-order valence-corrected chi connectivity index (χ0v) is 18.7. The number of esters is 1. The maximum Gasteiger partial charge on any atom is 0.309 e. The standard InChI is InChI=1S/C22H33ClN4O3/c1-3-30-21(28)17-7-9-27(10-8-17)22(24-2)25-16-20(26-11-13-29-14-12-26)18-5-4-6-19(23)15-18/h4-6,15,17,20H,3,7-14,16H2,1-2H3,(H,24,25). The van der Waals surface area contributed by atoms with Crippen LogP contribution in [0.2, 0.25) is 5.02 Å². The molecular formula is C22H33ClN4O3. The van der Waals surface area contributed by atoms with Crippen LogP contribution in [0, 0.1) is 5.92 Å². The SMILES string of the molecule is CCOC(=O)C1CCN(C(=NC)NCC(c2cccc(Cl)c2)N2CCOCC2)CC1. The van der Waals surface area contributed by atoms with Gasteiger partial charge in [-0.25, -0.2) is 0 Å². The molecule has 0 amide bonds. The zero-order chi connectivity index (χ0) is 21.3. The first kappa shape index (κ1) is 22.8. The van der Waals surface area contributed by atoms with Crippen molar-refractivity contribution in [3.05, 3.63) is 34.9 Å². The topological polar surface area (TPSA) is 66.4 Å². The predicted molar refractivity (Wildman–Crippen MR) is 119 cm³/mol. The highest BCUT2D eigenvalue weighted by Crippen LogP contribution is 2.24. The zero-order valence-electron chi connectivity index (χ0n) is 18.0. The van der Waals surface area contributed by atoms with E-state index in [2.05, 4.69) is 26.2 Å². The number of likely N-dealkylation sites (tertiary alicyclic amines) is 1. The fourth-order valence-electron chi connectivity index (χ4n) is 4.17. The number of nitrogens with zero attached hydrogens (tertiary/aromatic N) is 3. The molecule has 0 aliphatic carbocycles. The predicted octanol–water partition coefficient (Wildman–Crippen LogP) is 2.56. The second kappa shape index (κ2) is 11.5. The molecule has 0 saturated carbocycles. The molecule has 1 unspecified atom stereocenters. The summed E-state index contributed by atoms with van der Waals surface area (Å²) in [7, 11) is 1.81. The van der Waals surface area contributed by atoms with Crippen LogP contribution in [0.1, 0.15) is 31.4 Å². The first-order chi connectivity index (χ1) is 14.6. The van der Waals surface area contributed by atoms with E-state index in [0.717, 1.165) is 69.8 Å². The van der Waals surface area contributed by atoms with Crippen LogP contribution in [0.3, 0.4) is 0 Å². The lowest BCUT2D eigenvalue weighted by Crippen LogP contribution is -2.50. The number of hydrogen-bond donors (Lipinski definition) is 1. The number of carbonyl (C=O) groups excluding carboxylic acids is 1. The molecule has 0 aromatic heterocycles. The molecule has 2 heterocycles. The first-order valence-corrected chi connectivity index (χ1v) is 11.2. The molecule has 1 aromatic rings. The summed E-state index contributed by atoms with van der Waals surface area (Å²) in [5.41, 5.74) is 1.19. The van der Waals surface area contributed by atoms with Crippen molar-refractivity contribution < 1.29 is 14.3 Å². The van der Waals surface area contributed by atoms with Gasteiger partial charge in [-0.2, -0.15) is 0 Å². The van der Waals surface area contributed by atoms with Crippen molar-refractivity contribution in [2.24, 2.45) is 10.9 Å². The summed E-state index contributed by atoms with van der Waals surface area (Å²) in [5.74, 6) is 0.790. The maximum absolute atomic E-state index is 12.0. The molecular weight excluding hydrogens is 404 g/mol. The Bertz CT molecular complexity index is 716. The molecule has 0 bridgehead atoms. The minimum Gasteiger partial charge on any atom is -0.466 e. The summed E-state index contributed by atoms with van der Waals surface area (Å²) in [6, 6.07) is 8.25. The van der Waals surface area contributed by atoms with Crippen LogP contribution in [-0.2, 0) is 14.3 Å². The van der Waals surface area contributed by atoms with Crippen molar-refractivity contribution in [1.82, 2.24) is 15.1 Å². The van der Waals surface area contributed by atoms with E-state index in [4.69, 9.17) is 21.1 Å². The van der Waals surface area contributed by atoms with E-state index in [-0.39, 0.29) is 17.9 Å². The van der Waals surface area contributed by atoms with Gasteiger partial charge in [-0.3, -0.25) is 14.7 Å². The van der Waals surface area contributed by atoms with Crippen molar-refractivity contribution in [2.75, 3.05) is 59.6 Å². The highest BCUT2D eigenvalue weighted by atomic mass is 35.5. The number of ether oxygens (including phenoxy) is 2. The molecule has 8 heteroatoms. The van der Waals surface area contributed by atoms with E-state index < -0.39 is 0 Å². The lowest BCUT2D eigenvalue weighted by atomic mass is 9.97. The molecule has 0 radical (unpaired) electrons. The van der Waals surface area contributed by atoms with Gasteiger partial charge in [0.15, 0.2) is 5.96 Å². The molecule has 2 aliphatic rings. The number of piperidine rings is 1. The van der Waals surface area contributed by atoms with Crippen LogP contribution in [0.15, 0.2) is 29.3 Å². The van der Waals surface area contributed by atoms with Gasteiger partial charge in [-0.1, -0.05) is 23.7 Å². The summed E-state index contributed by atoms with van der Waals surface area (Å²) < 4.78 is 10.7. The third-order valence-electron chi connectivity index (χ3n) is 5.80. The Labute approximate surface area is 184 Å².